The molecule has 9 heteroatoms. The van der Waals surface area contributed by atoms with Crippen molar-refractivity contribution in [3.8, 4) is 0 Å². The van der Waals surface area contributed by atoms with Crippen molar-refractivity contribution >= 4 is 17.5 Å². The molecule has 2 aliphatic rings. The Morgan fingerprint density at radius 3 is 2.47 bits per heavy atom. The lowest BCUT2D eigenvalue weighted by molar-refractivity contribution is -0.121. The van der Waals surface area contributed by atoms with Crippen LogP contribution >= 0.6 is 0 Å². The highest BCUT2D eigenvalue weighted by Gasteiger charge is 2.38. The number of carbonyl (C=O) groups excluding carboxylic acids is 2. The van der Waals surface area contributed by atoms with E-state index in [1.807, 2.05) is 18.2 Å². The molecule has 1 aliphatic heterocycles. The van der Waals surface area contributed by atoms with Crippen molar-refractivity contribution in [1.82, 2.24) is 20.4 Å². The van der Waals surface area contributed by atoms with Gasteiger partial charge in [-0.25, -0.2) is 0 Å². The van der Waals surface area contributed by atoms with Gasteiger partial charge in [-0.2, -0.15) is 4.98 Å². The molecular formula is C27H39N5O4. The van der Waals surface area contributed by atoms with Crippen molar-refractivity contribution in [3.05, 3.63) is 41.5 Å². The first-order chi connectivity index (χ1) is 17.3. The summed E-state index contributed by atoms with van der Waals surface area (Å²) in [5.41, 5.74) is 1.32. The van der Waals surface area contributed by atoms with E-state index < -0.39 is 5.54 Å². The summed E-state index contributed by atoms with van der Waals surface area (Å²) in [6.07, 6.45) is 6.84. The first-order valence-electron chi connectivity index (χ1n) is 13.2. The zero-order valence-electron chi connectivity index (χ0n) is 21.7. The lowest BCUT2D eigenvalue weighted by Crippen LogP contribution is -2.45. The average molecular weight is 498 g/mol. The molecule has 9 nitrogen and oxygen atoms in total. The highest BCUT2D eigenvalue weighted by Crippen LogP contribution is 2.34. The molecule has 4 rings (SSSR count). The number of carbonyl (C=O) groups is 2. The minimum absolute atomic E-state index is 0.0951. The van der Waals surface area contributed by atoms with E-state index in [2.05, 4.69) is 45.6 Å². The van der Waals surface area contributed by atoms with Gasteiger partial charge in [0.1, 0.15) is 5.54 Å². The summed E-state index contributed by atoms with van der Waals surface area (Å²) in [4.78, 5) is 31.7. The predicted molar refractivity (Wildman–Crippen MR) is 136 cm³/mol. The number of morpholine rings is 1. The Balaban J connectivity index is 1.36. The molecule has 2 N–H and O–H groups in total. The summed E-state index contributed by atoms with van der Waals surface area (Å²) in [6, 6.07) is 7.92. The van der Waals surface area contributed by atoms with Crippen LogP contribution in [0.15, 0.2) is 28.8 Å². The van der Waals surface area contributed by atoms with E-state index in [1.165, 1.54) is 6.92 Å². The van der Waals surface area contributed by atoms with Gasteiger partial charge in [-0.3, -0.25) is 14.5 Å². The molecule has 1 saturated carbocycles. The fraction of sp³-hybridized carbons (Fsp3) is 0.630. The lowest BCUT2D eigenvalue weighted by atomic mass is 9.89. The number of nitrogens with one attached hydrogen (secondary N) is 2. The standard InChI is InChI=1S/C27H39N5O4/c1-19-16-32(17-20(2)35-19)18-22-10-6-7-11-23(22)28-24(34)12-13-25-29-26(31-36-25)27(30-21(3)33)14-8-4-5-9-15-27/h6-7,10-11,19-20H,4-5,8-9,12-18H2,1-3H3,(H,28,34)(H,30,33). The number of amides is 2. The number of anilines is 1. The topological polar surface area (TPSA) is 110 Å². The van der Waals surface area contributed by atoms with E-state index in [9.17, 15) is 9.59 Å². The van der Waals surface area contributed by atoms with Crippen molar-refractivity contribution in [2.45, 2.75) is 96.4 Å². The van der Waals surface area contributed by atoms with E-state index in [4.69, 9.17) is 9.26 Å². The van der Waals surface area contributed by atoms with Crippen molar-refractivity contribution in [3.63, 3.8) is 0 Å². The molecule has 2 atom stereocenters. The molecule has 1 aromatic heterocycles. The molecule has 2 fully saturated rings. The monoisotopic (exact) mass is 497 g/mol. The molecule has 0 bridgehead atoms. The van der Waals surface area contributed by atoms with Crippen LogP contribution in [0.4, 0.5) is 5.69 Å². The zero-order chi connectivity index (χ0) is 25.5. The van der Waals surface area contributed by atoms with Gasteiger partial charge in [0, 0.05) is 45.1 Å². The third-order valence-electron chi connectivity index (χ3n) is 7.02. The van der Waals surface area contributed by atoms with Gasteiger partial charge in [0.05, 0.1) is 12.2 Å². The molecule has 2 amide bonds. The molecular weight excluding hydrogens is 458 g/mol. The van der Waals surface area contributed by atoms with E-state index >= 15 is 0 Å². The highest BCUT2D eigenvalue weighted by atomic mass is 16.5. The van der Waals surface area contributed by atoms with E-state index in [-0.39, 0.29) is 30.4 Å². The van der Waals surface area contributed by atoms with Gasteiger partial charge < -0.3 is 19.9 Å². The molecule has 2 unspecified atom stereocenters. The molecule has 1 saturated heterocycles. The van der Waals surface area contributed by atoms with Crippen LogP contribution in [0, 0.1) is 0 Å². The Morgan fingerprint density at radius 1 is 1.08 bits per heavy atom. The number of nitrogens with zero attached hydrogens (tertiary/aromatic N) is 3. The van der Waals surface area contributed by atoms with Crippen molar-refractivity contribution in [2.24, 2.45) is 0 Å². The lowest BCUT2D eigenvalue weighted by Gasteiger charge is -2.35. The normalized spacial score (nSPS) is 22.5. The molecule has 1 aromatic carbocycles. The maximum atomic E-state index is 12.8. The number of para-hydroxylation sites is 1. The summed E-state index contributed by atoms with van der Waals surface area (Å²) in [7, 11) is 0. The summed E-state index contributed by atoms with van der Waals surface area (Å²) in [5.74, 6) is 0.743. The van der Waals surface area contributed by atoms with Crippen molar-refractivity contribution in [1.29, 1.82) is 0 Å². The van der Waals surface area contributed by atoms with Crippen LogP contribution in [0.3, 0.4) is 0 Å². The number of hydrogen-bond acceptors (Lipinski definition) is 7. The highest BCUT2D eigenvalue weighted by molar-refractivity contribution is 5.91. The maximum absolute atomic E-state index is 12.8. The fourth-order valence-corrected chi connectivity index (χ4v) is 5.49. The summed E-state index contributed by atoms with van der Waals surface area (Å²) in [5, 5.41) is 10.4. The molecule has 2 heterocycles. The number of hydrogen-bond donors (Lipinski definition) is 2. The van der Waals surface area contributed by atoms with Crippen molar-refractivity contribution in [2.75, 3.05) is 18.4 Å². The van der Waals surface area contributed by atoms with Crippen molar-refractivity contribution < 1.29 is 18.8 Å². The first-order valence-corrected chi connectivity index (χ1v) is 13.2. The van der Waals surface area contributed by atoms with Crippen LogP contribution in [-0.2, 0) is 32.8 Å². The molecule has 196 valence electrons. The minimum Gasteiger partial charge on any atom is -0.373 e. The second-order valence-corrected chi connectivity index (χ2v) is 10.3. The van der Waals surface area contributed by atoms with Crippen LogP contribution in [0.25, 0.3) is 0 Å². The molecule has 0 spiro atoms. The van der Waals surface area contributed by atoms with Gasteiger partial charge >= 0.3 is 0 Å². The Hall–Kier alpha value is -2.78. The minimum atomic E-state index is -0.584. The Bertz CT molecular complexity index is 1020. The number of rotatable bonds is 8. The van der Waals surface area contributed by atoms with Crippen LogP contribution in [-0.4, -0.2) is 52.2 Å². The van der Waals surface area contributed by atoms with E-state index in [1.54, 1.807) is 0 Å². The van der Waals surface area contributed by atoms with Gasteiger partial charge in [0.15, 0.2) is 5.82 Å². The number of aryl methyl sites for hydroxylation is 1. The largest absolute Gasteiger partial charge is 0.373 e. The average Bonchev–Trinajstić information content (AvgIpc) is 3.18. The summed E-state index contributed by atoms with van der Waals surface area (Å²) >= 11 is 0. The Morgan fingerprint density at radius 2 is 1.78 bits per heavy atom. The zero-order valence-corrected chi connectivity index (χ0v) is 21.7. The third kappa shape index (κ3) is 6.91. The Labute approximate surface area is 213 Å². The molecule has 1 aliphatic carbocycles. The molecule has 36 heavy (non-hydrogen) atoms. The van der Waals surface area contributed by atoms with Gasteiger partial charge in [-0.1, -0.05) is 49.0 Å². The van der Waals surface area contributed by atoms with Crippen LogP contribution < -0.4 is 10.6 Å². The second kappa shape index (κ2) is 12.0. The summed E-state index contributed by atoms with van der Waals surface area (Å²) < 4.78 is 11.3. The summed E-state index contributed by atoms with van der Waals surface area (Å²) in [6.45, 7) is 8.20. The van der Waals surface area contributed by atoms with E-state index in [0.717, 1.165) is 69.4 Å². The smallest absolute Gasteiger partial charge is 0.227 e. The SMILES string of the molecule is CC(=O)NC1(c2noc(CCC(=O)Nc3ccccc3CN3CC(C)OC(C)C3)n2)CCCCCC1. The van der Waals surface area contributed by atoms with Gasteiger partial charge in [0.25, 0.3) is 0 Å². The fourth-order valence-electron chi connectivity index (χ4n) is 5.49. The number of benzene rings is 1. The van der Waals surface area contributed by atoms with Gasteiger partial charge in [-0.05, 0) is 38.3 Å². The van der Waals surface area contributed by atoms with E-state index in [0.29, 0.717) is 18.1 Å². The second-order valence-electron chi connectivity index (χ2n) is 10.3. The maximum Gasteiger partial charge on any atom is 0.227 e. The van der Waals surface area contributed by atoms with Crippen LogP contribution in [0.1, 0.15) is 83.0 Å². The number of aromatic nitrogens is 2. The van der Waals surface area contributed by atoms with Gasteiger partial charge in [0.2, 0.25) is 17.7 Å². The van der Waals surface area contributed by atoms with Crippen LogP contribution in [0.2, 0.25) is 0 Å². The molecule has 2 aromatic rings. The number of ether oxygens (including phenoxy) is 1. The van der Waals surface area contributed by atoms with Gasteiger partial charge in [-0.15, -0.1) is 0 Å². The third-order valence-corrected chi connectivity index (χ3v) is 7.02. The molecule has 0 radical (unpaired) electrons. The Kier molecular flexibility index (Phi) is 8.74. The first kappa shape index (κ1) is 26.3. The van der Waals surface area contributed by atoms with Crippen LogP contribution in [0.5, 0.6) is 0 Å². The quantitative estimate of drug-likeness (QED) is 0.532. The predicted octanol–water partition coefficient (Wildman–Crippen LogP) is 3.94.